The van der Waals surface area contributed by atoms with Crippen LogP contribution in [0.4, 0.5) is 0 Å². The molecule has 0 saturated heterocycles. The van der Waals surface area contributed by atoms with Crippen LogP contribution in [0.1, 0.15) is 105 Å². The minimum atomic E-state index is -1.22. The van der Waals surface area contributed by atoms with E-state index in [-0.39, 0.29) is 26.2 Å². The summed E-state index contributed by atoms with van der Waals surface area (Å²) in [6.45, 7) is 8.48. The molecule has 0 rings (SSSR count). The van der Waals surface area contributed by atoms with E-state index in [1.807, 2.05) is 0 Å². The number of aliphatic hydroxyl groups excluding tert-OH is 5. The van der Waals surface area contributed by atoms with Gasteiger partial charge in [-0.15, -0.1) is 0 Å². The Morgan fingerprint density at radius 1 is 0.675 bits per heavy atom. The molecule has 0 bridgehead atoms. The van der Waals surface area contributed by atoms with Gasteiger partial charge in [-0.25, -0.2) is 0 Å². The molecule has 2 atom stereocenters. The van der Waals surface area contributed by atoms with Crippen LogP contribution in [0.3, 0.4) is 0 Å². The predicted molar refractivity (Wildman–Crippen MR) is 160 cm³/mol. The minimum absolute atomic E-state index is 0.163. The molecule has 0 aromatic carbocycles. The zero-order chi connectivity index (χ0) is 30.4. The number of ether oxygens (including phenoxy) is 2. The Labute approximate surface area is 244 Å². The Morgan fingerprint density at radius 3 is 1.65 bits per heavy atom. The van der Waals surface area contributed by atoms with E-state index in [2.05, 4.69) is 40.7 Å². The quantitative estimate of drug-likeness (QED) is 0.0744. The molecular formula is C32H62O8. The van der Waals surface area contributed by atoms with Gasteiger partial charge in [-0.3, -0.25) is 4.79 Å². The number of hydrogen-bond acceptors (Lipinski definition) is 8. The fourth-order valence-corrected chi connectivity index (χ4v) is 4.60. The number of rotatable bonds is 26. The van der Waals surface area contributed by atoms with E-state index in [1.165, 1.54) is 50.5 Å². The first-order valence-electron chi connectivity index (χ1n) is 15.4. The SMILES string of the molecule is C/C(=C\CCC(=O)OCC(CO)(CO)COCC(CO)(CO)CO)CCCC(C)CCCC(C)CCCC(C)C. The van der Waals surface area contributed by atoms with Crippen LogP contribution in [-0.4, -0.2) is 84.4 Å². The molecule has 0 aliphatic carbocycles. The smallest absolute Gasteiger partial charge is 0.306 e. The van der Waals surface area contributed by atoms with Crippen LogP contribution in [0.25, 0.3) is 0 Å². The summed E-state index contributed by atoms with van der Waals surface area (Å²) in [6, 6.07) is 0. The second kappa shape index (κ2) is 22.6. The summed E-state index contributed by atoms with van der Waals surface area (Å²) < 4.78 is 10.8. The molecule has 8 nitrogen and oxygen atoms in total. The molecular weight excluding hydrogens is 512 g/mol. The van der Waals surface area contributed by atoms with Gasteiger partial charge in [0.15, 0.2) is 0 Å². The molecule has 40 heavy (non-hydrogen) atoms. The van der Waals surface area contributed by atoms with Gasteiger partial charge in [0.05, 0.1) is 57.1 Å². The molecule has 8 heteroatoms. The fraction of sp³-hybridized carbons (Fsp3) is 0.906. The monoisotopic (exact) mass is 574 g/mol. The van der Waals surface area contributed by atoms with Crippen molar-refractivity contribution in [3.05, 3.63) is 11.6 Å². The summed E-state index contributed by atoms with van der Waals surface area (Å²) >= 11 is 0. The van der Waals surface area contributed by atoms with Crippen molar-refractivity contribution in [3.8, 4) is 0 Å². The van der Waals surface area contributed by atoms with Gasteiger partial charge in [0.2, 0.25) is 0 Å². The summed E-state index contributed by atoms with van der Waals surface area (Å²) in [5.74, 6) is 1.95. The van der Waals surface area contributed by atoms with Crippen molar-refractivity contribution in [3.63, 3.8) is 0 Å². The Balaban J connectivity index is 4.24. The summed E-state index contributed by atoms with van der Waals surface area (Å²) in [6.07, 6.45) is 14.2. The van der Waals surface area contributed by atoms with Crippen LogP contribution in [0.5, 0.6) is 0 Å². The molecule has 0 fully saturated rings. The summed E-state index contributed by atoms with van der Waals surface area (Å²) in [7, 11) is 0. The molecule has 0 heterocycles. The molecule has 0 saturated carbocycles. The minimum Gasteiger partial charge on any atom is -0.465 e. The van der Waals surface area contributed by atoms with Crippen molar-refractivity contribution in [2.75, 3.05) is 52.9 Å². The second-order valence-corrected chi connectivity index (χ2v) is 12.9. The largest absolute Gasteiger partial charge is 0.465 e. The van der Waals surface area contributed by atoms with E-state index < -0.39 is 49.8 Å². The molecule has 5 N–H and O–H groups in total. The summed E-state index contributed by atoms with van der Waals surface area (Å²) in [5.41, 5.74) is -1.16. The van der Waals surface area contributed by atoms with Crippen molar-refractivity contribution < 1.29 is 39.8 Å². The van der Waals surface area contributed by atoms with E-state index in [4.69, 9.17) is 9.47 Å². The summed E-state index contributed by atoms with van der Waals surface area (Å²) in [5, 5.41) is 47.8. The van der Waals surface area contributed by atoms with Crippen molar-refractivity contribution in [2.45, 2.75) is 105 Å². The van der Waals surface area contributed by atoms with Crippen LogP contribution >= 0.6 is 0 Å². The van der Waals surface area contributed by atoms with Crippen molar-refractivity contribution >= 4 is 5.97 Å². The highest BCUT2D eigenvalue weighted by molar-refractivity contribution is 5.69. The predicted octanol–water partition coefficient (Wildman–Crippen LogP) is 4.65. The third-order valence-electron chi connectivity index (χ3n) is 8.01. The third kappa shape index (κ3) is 17.7. The van der Waals surface area contributed by atoms with Crippen LogP contribution in [0.15, 0.2) is 11.6 Å². The zero-order valence-corrected chi connectivity index (χ0v) is 26.2. The van der Waals surface area contributed by atoms with Gasteiger partial charge in [0, 0.05) is 6.42 Å². The van der Waals surface area contributed by atoms with Gasteiger partial charge in [-0.2, -0.15) is 0 Å². The molecule has 0 aromatic heterocycles. The molecule has 0 aromatic rings. The molecule has 0 amide bonds. The molecule has 2 unspecified atom stereocenters. The normalized spacial score (nSPS) is 14.5. The molecule has 238 valence electrons. The zero-order valence-electron chi connectivity index (χ0n) is 26.2. The maximum Gasteiger partial charge on any atom is 0.306 e. The van der Waals surface area contributed by atoms with Gasteiger partial charge in [0.1, 0.15) is 6.61 Å². The number of hydrogen-bond donors (Lipinski definition) is 5. The highest BCUT2D eigenvalue weighted by atomic mass is 16.5. The lowest BCUT2D eigenvalue weighted by Crippen LogP contribution is -2.44. The lowest BCUT2D eigenvalue weighted by molar-refractivity contribution is -0.154. The van der Waals surface area contributed by atoms with E-state index in [0.29, 0.717) is 6.42 Å². The Hall–Kier alpha value is -1.03. The number of carbonyl (C=O) groups excluding carboxylic acids is 1. The molecule has 0 aliphatic heterocycles. The Kier molecular flexibility index (Phi) is 22.0. The highest BCUT2D eigenvalue weighted by Gasteiger charge is 2.34. The van der Waals surface area contributed by atoms with Gasteiger partial charge < -0.3 is 35.0 Å². The van der Waals surface area contributed by atoms with E-state index >= 15 is 0 Å². The van der Waals surface area contributed by atoms with E-state index in [0.717, 1.165) is 30.6 Å². The van der Waals surface area contributed by atoms with Crippen molar-refractivity contribution in [1.29, 1.82) is 0 Å². The van der Waals surface area contributed by atoms with Crippen molar-refractivity contribution in [2.24, 2.45) is 28.6 Å². The number of esters is 1. The van der Waals surface area contributed by atoms with Crippen LogP contribution < -0.4 is 0 Å². The van der Waals surface area contributed by atoms with E-state index in [9.17, 15) is 30.3 Å². The first kappa shape index (κ1) is 39.0. The standard InChI is InChI=1S/C32H62O8/c1-26(2)10-6-11-27(3)12-7-13-28(4)14-8-15-29(5)16-9-17-30(38)40-25-32(21-36,22-37)24-39-23-31(18-33,19-34)20-35/h16,26-28,33-37H,6-15,17-25H2,1-5H3/b29-16+. The van der Waals surface area contributed by atoms with Crippen LogP contribution in [0.2, 0.25) is 0 Å². The Morgan fingerprint density at radius 2 is 1.15 bits per heavy atom. The van der Waals surface area contributed by atoms with Gasteiger partial charge in [-0.05, 0) is 43.9 Å². The van der Waals surface area contributed by atoms with Gasteiger partial charge in [-0.1, -0.05) is 84.3 Å². The number of allylic oxidation sites excluding steroid dienone is 2. The first-order chi connectivity index (χ1) is 19.0. The van der Waals surface area contributed by atoms with Gasteiger partial charge in [0.25, 0.3) is 0 Å². The number of carbonyl (C=O) groups is 1. The first-order valence-corrected chi connectivity index (χ1v) is 15.4. The van der Waals surface area contributed by atoms with Gasteiger partial charge >= 0.3 is 5.97 Å². The van der Waals surface area contributed by atoms with E-state index in [1.54, 1.807) is 0 Å². The average Bonchev–Trinajstić information content (AvgIpc) is 2.93. The van der Waals surface area contributed by atoms with Crippen LogP contribution in [0, 0.1) is 28.6 Å². The molecule has 0 spiro atoms. The second-order valence-electron chi connectivity index (χ2n) is 12.9. The lowest BCUT2D eigenvalue weighted by atomic mass is 9.90. The fourth-order valence-electron chi connectivity index (χ4n) is 4.60. The average molecular weight is 575 g/mol. The third-order valence-corrected chi connectivity index (χ3v) is 8.01. The lowest BCUT2D eigenvalue weighted by Gasteiger charge is -2.32. The van der Waals surface area contributed by atoms with Crippen molar-refractivity contribution in [1.82, 2.24) is 0 Å². The highest BCUT2D eigenvalue weighted by Crippen LogP contribution is 2.23. The van der Waals surface area contributed by atoms with Crippen LogP contribution in [-0.2, 0) is 14.3 Å². The molecule has 0 aliphatic rings. The maximum absolute atomic E-state index is 12.3. The topological polar surface area (TPSA) is 137 Å². The summed E-state index contributed by atoms with van der Waals surface area (Å²) in [4.78, 5) is 12.3. The number of aliphatic hydroxyl groups is 5. The maximum atomic E-state index is 12.3. The molecule has 0 radical (unpaired) electrons. The Bertz CT molecular complexity index is 647.